The molecule has 1 heterocycles. The SMILES string of the molecule is O=C(Nc1cc(CSCCOC(=O)C2[C@@H]3CCCC[C@@H]23)ccn1)C1[C@H]2CCCC[C@@H]12. The van der Waals surface area contributed by atoms with Crippen molar-refractivity contribution in [1.29, 1.82) is 0 Å². The van der Waals surface area contributed by atoms with Gasteiger partial charge in [0.1, 0.15) is 12.4 Å². The topological polar surface area (TPSA) is 68.3 Å². The highest BCUT2D eigenvalue weighted by Crippen LogP contribution is 2.56. The second kappa shape index (κ2) is 8.89. The Morgan fingerprint density at radius 2 is 1.63 bits per heavy atom. The van der Waals surface area contributed by atoms with E-state index >= 15 is 0 Å². The third-order valence-electron chi connectivity index (χ3n) is 7.70. The summed E-state index contributed by atoms with van der Waals surface area (Å²) < 4.78 is 5.52. The Morgan fingerprint density at radius 3 is 2.30 bits per heavy atom. The maximum atomic E-state index is 12.6. The molecule has 0 radical (unpaired) electrons. The van der Waals surface area contributed by atoms with Crippen LogP contribution in [0.25, 0.3) is 0 Å². The Kier molecular flexibility index (Phi) is 6.03. The molecule has 0 bridgehead atoms. The van der Waals surface area contributed by atoms with Gasteiger partial charge in [0, 0.05) is 23.6 Å². The quantitative estimate of drug-likeness (QED) is 0.481. The predicted octanol–water partition coefficient (Wildman–Crippen LogP) is 4.67. The van der Waals surface area contributed by atoms with E-state index in [2.05, 4.69) is 10.3 Å². The summed E-state index contributed by atoms with van der Waals surface area (Å²) >= 11 is 1.75. The molecular formula is C24H32N2O3S. The van der Waals surface area contributed by atoms with Crippen molar-refractivity contribution in [1.82, 2.24) is 4.98 Å². The van der Waals surface area contributed by atoms with Gasteiger partial charge in [-0.3, -0.25) is 9.59 Å². The van der Waals surface area contributed by atoms with Crippen LogP contribution in [0.15, 0.2) is 18.3 Å². The van der Waals surface area contributed by atoms with Gasteiger partial charge in [-0.05, 0) is 67.1 Å². The molecule has 1 aromatic rings. The second-order valence-corrected chi connectivity index (χ2v) is 10.6. The zero-order chi connectivity index (χ0) is 20.5. The molecule has 4 fully saturated rings. The number of hydrogen-bond acceptors (Lipinski definition) is 5. The Labute approximate surface area is 183 Å². The number of anilines is 1. The number of nitrogens with one attached hydrogen (secondary N) is 1. The molecule has 6 heteroatoms. The predicted molar refractivity (Wildman–Crippen MR) is 118 cm³/mol. The molecule has 4 saturated carbocycles. The van der Waals surface area contributed by atoms with E-state index in [-0.39, 0.29) is 23.7 Å². The summed E-state index contributed by atoms with van der Waals surface area (Å²) in [5.74, 6) is 5.31. The summed E-state index contributed by atoms with van der Waals surface area (Å²) in [7, 11) is 0. The molecule has 4 aliphatic carbocycles. The molecule has 5 nitrogen and oxygen atoms in total. The highest BCUT2D eigenvalue weighted by atomic mass is 32.2. The van der Waals surface area contributed by atoms with Gasteiger partial charge in [-0.15, -0.1) is 0 Å². The van der Waals surface area contributed by atoms with Crippen LogP contribution >= 0.6 is 11.8 Å². The number of aromatic nitrogens is 1. The van der Waals surface area contributed by atoms with Gasteiger partial charge in [0.15, 0.2) is 0 Å². The summed E-state index contributed by atoms with van der Waals surface area (Å²) in [5.41, 5.74) is 1.14. The standard InChI is InChI=1S/C24H32N2O3S/c27-23(21-16-5-1-2-6-17(16)21)26-20-13-15(9-10-25-20)14-30-12-11-29-24(28)22-18-7-3-4-8-19(18)22/h9-10,13,16-19,21-22H,1-8,11-12,14H2,(H,25,26,27)/t16-,17+,18-,19-,21?/m1/s1. The molecule has 4 aliphatic rings. The van der Waals surface area contributed by atoms with Gasteiger partial charge in [0.2, 0.25) is 5.91 Å². The number of thioether (sulfide) groups is 1. The molecule has 1 N–H and O–H groups in total. The number of rotatable bonds is 8. The van der Waals surface area contributed by atoms with Crippen molar-refractivity contribution in [2.45, 2.75) is 57.1 Å². The zero-order valence-corrected chi connectivity index (χ0v) is 18.4. The van der Waals surface area contributed by atoms with Crippen LogP contribution in [0.2, 0.25) is 0 Å². The summed E-state index contributed by atoms with van der Waals surface area (Å²) in [6, 6.07) is 3.96. The van der Waals surface area contributed by atoms with Crippen molar-refractivity contribution in [3.63, 3.8) is 0 Å². The molecule has 0 spiro atoms. The number of amides is 1. The fourth-order valence-electron chi connectivity index (χ4n) is 6.05. The van der Waals surface area contributed by atoms with Gasteiger partial charge in [-0.1, -0.05) is 25.7 Å². The van der Waals surface area contributed by atoms with Crippen LogP contribution in [0.1, 0.15) is 56.9 Å². The molecule has 5 rings (SSSR count). The summed E-state index contributed by atoms with van der Waals surface area (Å²) in [5, 5.41) is 3.03. The fraction of sp³-hybridized carbons (Fsp3) is 0.708. The molecule has 30 heavy (non-hydrogen) atoms. The lowest BCUT2D eigenvalue weighted by Crippen LogP contribution is -2.16. The van der Waals surface area contributed by atoms with Crippen molar-refractivity contribution in [3.8, 4) is 0 Å². The largest absolute Gasteiger partial charge is 0.465 e. The summed E-state index contributed by atoms with van der Waals surface area (Å²) in [6.07, 6.45) is 11.7. The molecular weight excluding hydrogens is 396 g/mol. The highest BCUT2D eigenvalue weighted by Gasteiger charge is 2.56. The molecule has 0 aromatic carbocycles. The van der Waals surface area contributed by atoms with E-state index in [1.165, 1.54) is 51.4 Å². The van der Waals surface area contributed by atoms with Crippen molar-refractivity contribution < 1.29 is 14.3 Å². The van der Waals surface area contributed by atoms with Crippen LogP contribution in [0, 0.1) is 35.5 Å². The van der Waals surface area contributed by atoms with Crippen molar-refractivity contribution >= 4 is 29.5 Å². The zero-order valence-electron chi connectivity index (χ0n) is 17.6. The Hall–Kier alpha value is -1.56. The van der Waals surface area contributed by atoms with E-state index in [0.29, 0.717) is 36.1 Å². The van der Waals surface area contributed by atoms with Crippen LogP contribution in [-0.4, -0.2) is 29.2 Å². The first-order valence-corrected chi connectivity index (χ1v) is 12.9. The molecule has 1 aromatic heterocycles. The van der Waals surface area contributed by atoms with Gasteiger partial charge in [0.25, 0.3) is 0 Å². The molecule has 1 amide bonds. The van der Waals surface area contributed by atoms with Crippen molar-refractivity contribution in [3.05, 3.63) is 23.9 Å². The first-order chi connectivity index (χ1) is 14.7. The average molecular weight is 429 g/mol. The number of hydrogen-bond donors (Lipinski definition) is 1. The van der Waals surface area contributed by atoms with E-state index in [1.54, 1.807) is 18.0 Å². The lowest BCUT2D eigenvalue weighted by molar-refractivity contribution is -0.145. The van der Waals surface area contributed by atoms with Gasteiger partial charge in [-0.25, -0.2) is 4.98 Å². The fourth-order valence-corrected chi connectivity index (χ4v) is 6.81. The number of esters is 1. The molecule has 5 atom stereocenters. The molecule has 0 saturated heterocycles. The minimum atomic E-state index is 0.0297. The number of carbonyl (C=O) groups excluding carboxylic acids is 2. The Morgan fingerprint density at radius 1 is 1.00 bits per heavy atom. The van der Waals surface area contributed by atoms with E-state index < -0.39 is 0 Å². The third kappa shape index (κ3) is 4.39. The maximum absolute atomic E-state index is 12.6. The normalized spacial score (nSPS) is 33.7. The third-order valence-corrected chi connectivity index (χ3v) is 8.70. The minimum absolute atomic E-state index is 0.0297. The molecule has 1 unspecified atom stereocenters. The molecule has 162 valence electrons. The average Bonchev–Trinajstić information content (AvgIpc) is 3.66. The monoisotopic (exact) mass is 428 g/mol. The lowest BCUT2D eigenvalue weighted by Gasteiger charge is -2.07. The van der Waals surface area contributed by atoms with E-state index in [4.69, 9.17) is 4.74 Å². The first kappa shape index (κ1) is 20.3. The summed E-state index contributed by atoms with van der Waals surface area (Å²) in [6.45, 7) is 0.485. The van der Waals surface area contributed by atoms with Crippen LogP contribution in [-0.2, 0) is 20.1 Å². The molecule has 0 aliphatic heterocycles. The Balaban J connectivity index is 1.01. The van der Waals surface area contributed by atoms with Gasteiger partial charge < -0.3 is 10.1 Å². The Bertz CT molecular complexity index is 776. The number of nitrogens with zero attached hydrogens (tertiary/aromatic N) is 1. The second-order valence-electron chi connectivity index (χ2n) is 9.53. The summed E-state index contributed by atoms with van der Waals surface area (Å²) in [4.78, 5) is 29.1. The van der Waals surface area contributed by atoms with E-state index in [9.17, 15) is 9.59 Å². The number of fused-ring (bicyclic) bond motifs is 2. The van der Waals surface area contributed by atoms with Gasteiger partial charge >= 0.3 is 5.97 Å². The number of pyridine rings is 1. The first-order valence-electron chi connectivity index (χ1n) is 11.7. The smallest absolute Gasteiger partial charge is 0.309 e. The van der Waals surface area contributed by atoms with Gasteiger partial charge in [0.05, 0.1) is 5.92 Å². The van der Waals surface area contributed by atoms with E-state index in [0.717, 1.165) is 17.1 Å². The lowest BCUT2D eigenvalue weighted by atomic mass is 10.0. The van der Waals surface area contributed by atoms with Crippen LogP contribution in [0.5, 0.6) is 0 Å². The maximum Gasteiger partial charge on any atom is 0.309 e. The van der Waals surface area contributed by atoms with Gasteiger partial charge in [-0.2, -0.15) is 11.8 Å². The van der Waals surface area contributed by atoms with E-state index in [1.807, 2.05) is 12.1 Å². The minimum Gasteiger partial charge on any atom is -0.465 e. The van der Waals surface area contributed by atoms with Crippen LogP contribution in [0.3, 0.4) is 0 Å². The van der Waals surface area contributed by atoms with Crippen molar-refractivity contribution in [2.24, 2.45) is 35.5 Å². The highest BCUT2D eigenvalue weighted by molar-refractivity contribution is 7.98. The number of carbonyl (C=O) groups is 2. The number of ether oxygens (including phenoxy) is 1. The van der Waals surface area contributed by atoms with Crippen LogP contribution in [0.4, 0.5) is 5.82 Å². The van der Waals surface area contributed by atoms with Crippen LogP contribution < -0.4 is 5.32 Å². The van der Waals surface area contributed by atoms with Crippen molar-refractivity contribution in [2.75, 3.05) is 17.7 Å².